The first-order valence-corrected chi connectivity index (χ1v) is 8.03. The van der Waals surface area contributed by atoms with Gasteiger partial charge in [0.1, 0.15) is 6.54 Å². The van der Waals surface area contributed by atoms with E-state index in [1.165, 1.54) is 10.8 Å². The first-order valence-electron chi connectivity index (χ1n) is 8.03. The Hall–Kier alpha value is -2.21. The van der Waals surface area contributed by atoms with Crippen molar-refractivity contribution in [3.63, 3.8) is 0 Å². The van der Waals surface area contributed by atoms with Gasteiger partial charge in [-0.2, -0.15) is 0 Å². The van der Waals surface area contributed by atoms with Crippen molar-refractivity contribution in [3.8, 4) is 0 Å². The normalized spacial score (nSPS) is 19.7. The minimum absolute atomic E-state index is 0.0161. The van der Waals surface area contributed by atoms with Gasteiger partial charge in [0.2, 0.25) is 5.91 Å². The lowest BCUT2D eigenvalue weighted by atomic mass is 9.84. The number of piperidine rings is 1. The van der Waals surface area contributed by atoms with Crippen LogP contribution in [0, 0.1) is 0 Å². The molecule has 4 rings (SSSR count). The number of rotatable bonds is 2. The third kappa shape index (κ3) is 2.53. The van der Waals surface area contributed by atoms with Gasteiger partial charge in [-0.15, -0.1) is 0 Å². The highest BCUT2D eigenvalue weighted by atomic mass is 16.5. The molecule has 0 unspecified atom stereocenters. The van der Waals surface area contributed by atoms with Gasteiger partial charge in [0.15, 0.2) is 0 Å². The van der Waals surface area contributed by atoms with Crippen LogP contribution in [-0.4, -0.2) is 45.7 Å². The quantitative estimate of drug-likeness (QED) is 0.835. The van der Waals surface area contributed by atoms with Crippen molar-refractivity contribution in [2.75, 3.05) is 19.7 Å². The summed E-state index contributed by atoms with van der Waals surface area (Å²) in [5, 5.41) is 0. The maximum atomic E-state index is 12.6. The average molecular weight is 313 g/mol. The van der Waals surface area contributed by atoms with Crippen LogP contribution in [0.4, 0.5) is 0 Å². The third-order valence-corrected chi connectivity index (χ3v) is 5.04. The molecule has 6 nitrogen and oxygen atoms in total. The van der Waals surface area contributed by atoms with E-state index in [2.05, 4.69) is 4.98 Å². The van der Waals surface area contributed by atoms with Gasteiger partial charge in [0, 0.05) is 13.1 Å². The molecule has 1 aromatic carbocycles. The number of nitrogens with zero attached hydrogens (tertiary/aromatic N) is 3. The number of aromatic nitrogens is 2. The van der Waals surface area contributed by atoms with Crippen LogP contribution in [-0.2, 0) is 16.1 Å². The predicted molar refractivity (Wildman–Crippen MR) is 85.1 cm³/mol. The molecule has 2 fully saturated rings. The van der Waals surface area contributed by atoms with Crippen LogP contribution in [0.5, 0.6) is 0 Å². The molecule has 1 amide bonds. The highest BCUT2D eigenvalue weighted by Crippen LogP contribution is 2.36. The van der Waals surface area contributed by atoms with Gasteiger partial charge in [0.25, 0.3) is 5.56 Å². The second kappa shape index (κ2) is 5.45. The Morgan fingerprint density at radius 3 is 2.65 bits per heavy atom. The summed E-state index contributed by atoms with van der Waals surface area (Å²) in [5.41, 5.74) is 1.20. The van der Waals surface area contributed by atoms with Crippen molar-refractivity contribution in [1.29, 1.82) is 0 Å². The zero-order valence-corrected chi connectivity index (χ0v) is 12.9. The Morgan fingerprint density at radius 1 is 1.22 bits per heavy atom. The zero-order valence-electron chi connectivity index (χ0n) is 12.9. The molecule has 3 heterocycles. The third-order valence-electron chi connectivity index (χ3n) is 5.04. The van der Waals surface area contributed by atoms with Crippen LogP contribution in [0.3, 0.4) is 0 Å². The first kappa shape index (κ1) is 14.4. The van der Waals surface area contributed by atoms with Gasteiger partial charge in [-0.3, -0.25) is 14.2 Å². The molecule has 2 aromatic rings. The van der Waals surface area contributed by atoms with Crippen molar-refractivity contribution < 1.29 is 9.53 Å². The Bertz CT molecular complexity index is 800. The Balaban J connectivity index is 1.53. The number of ether oxygens (including phenoxy) is 1. The van der Waals surface area contributed by atoms with Crippen LogP contribution in [0.2, 0.25) is 0 Å². The fourth-order valence-corrected chi connectivity index (χ4v) is 3.46. The molecule has 0 radical (unpaired) electrons. The predicted octanol–water partition coefficient (Wildman–Crippen LogP) is 1.18. The molecule has 0 atom stereocenters. The summed E-state index contributed by atoms with van der Waals surface area (Å²) >= 11 is 0. The van der Waals surface area contributed by atoms with Gasteiger partial charge < -0.3 is 9.64 Å². The number of amides is 1. The maximum Gasteiger partial charge on any atom is 0.269 e. The van der Waals surface area contributed by atoms with Crippen LogP contribution in [0.15, 0.2) is 35.3 Å². The summed E-state index contributed by atoms with van der Waals surface area (Å²) < 4.78 is 7.19. The standard InChI is InChI=1S/C17H19N3O3/c21-15-11-18-13-3-1-2-4-14(13)20(15)12-16(22)19-8-5-17(6-9-19)7-10-23-17/h1-4,11H,5-10,12H2. The number of hydrogen-bond acceptors (Lipinski definition) is 4. The average Bonchev–Trinajstić information content (AvgIpc) is 2.56. The molecule has 2 aliphatic heterocycles. The van der Waals surface area contributed by atoms with Gasteiger partial charge in [-0.25, -0.2) is 4.98 Å². The highest BCUT2D eigenvalue weighted by molar-refractivity contribution is 5.80. The number of carbonyl (C=O) groups is 1. The zero-order chi connectivity index (χ0) is 15.9. The molecule has 6 heteroatoms. The molecule has 0 saturated carbocycles. The Morgan fingerprint density at radius 2 is 1.96 bits per heavy atom. The van der Waals surface area contributed by atoms with E-state index in [1.807, 2.05) is 29.2 Å². The van der Waals surface area contributed by atoms with E-state index in [0.29, 0.717) is 18.6 Å². The summed E-state index contributed by atoms with van der Waals surface area (Å²) in [5.74, 6) is -0.0161. The summed E-state index contributed by atoms with van der Waals surface area (Å²) in [7, 11) is 0. The molecule has 0 bridgehead atoms. The van der Waals surface area contributed by atoms with E-state index in [1.54, 1.807) is 0 Å². The van der Waals surface area contributed by atoms with Crippen LogP contribution in [0.1, 0.15) is 19.3 Å². The lowest BCUT2D eigenvalue weighted by Gasteiger charge is -2.47. The number of hydrogen-bond donors (Lipinski definition) is 0. The minimum Gasteiger partial charge on any atom is -0.375 e. The Kier molecular flexibility index (Phi) is 3.41. The number of benzene rings is 1. The topological polar surface area (TPSA) is 64.4 Å². The van der Waals surface area contributed by atoms with Crippen LogP contribution < -0.4 is 5.56 Å². The lowest BCUT2D eigenvalue weighted by Crippen LogP contribution is -2.54. The van der Waals surface area contributed by atoms with E-state index in [0.717, 1.165) is 31.4 Å². The van der Waals surface area contributed by atoms with E-state index < -0.39 is 0 Å². The summed E-state index contributed by atoms with van der Waals surface area (Å²) in [6.45, 7) is 2.31. The molecular formula is C17H19N3O3. The first-order chi connectivity index (χ1) is 11.2. The molecule has 2 saturated heterocycles. The van der Waals surface area contributed by atoms with E-state index in [-0.39, 0.29) is 23.6 Å². The molecule has 1 aromatic heterocycles. The number of likely N-dealkylation sites (tertiary alicyclic amines) is 1. The van der Waals surface area contributed by atoms with Crippen molar-refractivity contribution in [2.45, 2.75) is 31.4 Å². The monoisotopic (exact) mass is 313 g/mol. The van der Waals surface area contributed by atoms with Crippen molar-refractivity contribution in [2.24, 2.45) is 0 Å². The summed E-state index contributed by atoms with van der Waals surface area (Å²) in [6, 6.07) is 7.39. The van der Waals surface area contributed by atoms with Gasteiger partial charge >= 0.3 is 0 Å². The SMILES string of the molecule is O=C(Cn1c(=O)cnc2ccccc21)N1CCC2(CCO2)CC1. The molecule has 23 heavy (non-hydrogen) atoms. The molecule has 0 aliphatic carbocycles. The highest BCUT2D eigenvalue weighted by Gasteiger charge is 2.41. The van der Waals surface area contributed by atoms with Crippen molar-refractivity contribution >= 4 is 16.9 Å². The Labute approximate surface area is 133 Å². The fraction of sp³-hybridized carbons (Fsp3) is 0.471. The van der Waals surface area contributed by atoms with Crippen molar-refractivity contribution in [3.05, 3.63) is 40.8 Å². The smallest absolute Gasteiger partial charge is 0.269 e. The minimum atomic E-state index is -0.243. The molecule has 120 valence electrons. The van der Waals surface area contributed by atoms with Crippen LogP contribution in [0.25, 0.3) is 11.0 Å². The number of fused-ring (bicyclic) bond motifs is 1. The fourth-order valence-electron chi connectivity index (χ4n) is 3.46. The van der Waals surface area contributed by atoms with Gasteiger partial charge in [-0.1, -0.05) is 12.1 Å². The lowest BCUT2D eigenvalue weighted by molar-refractivity contribution is -0.176. The maximum absolute atomic E-state index is 12.6. The number of para-hydroxylation sites is 2. The molecular weight excluding hydrogens is 294 g/mol. The summed E-state index contributed by atoms with van der Waals surface area (Å²) in [4.78, 5) is 30.7. The second-order valence-electron chi connectivity index (χ2n) is 6.33. The molecule has 0 N–H and O–H groups in total. The molecule has 1 spiro atoms. The summed E-state index contributed by atoms with van der Waals surface area (Å²) in [6.07, 6.45) is 4.17. The van der Waals surface area contributed by atoms with E-state index in [4.69, 9.17) is 4.74 Å². The van der Waals surface area contributed by atoms with Gasteiger partial charge in [0.05, 0.1) is 29.4 Å². The van der Waals surface area contributed by atoms with E-state index >= 15 is 0 Å². The van der Waals surface area contributed by atoms with Crippen LogP contribution >= 0.6 is 0 Å². The number of carbonyl (C=O) groups excluding carboxylic acids is 1. The van der Waals surface area contributed by atoms with Crippen molar-refractivity contribution in [1.82, 2.24) is 14.5 Å². The van der Waals surface area contributed by atoms with E-state index in [9.17, 15) is 9.59 Å². The second-order valence-corrected chi connectivity index (χ2v) is 6.33. The molecule has 2 aliphatic rings. The van der Waals surface area contributed by atoms with Gasteiger partial charge in [-0.05, 0) is 31.4 Å². The largest absolute Gasteiger partial charge is 0.375 e.